The van der Waals surface area contributed by atoms with Gasteiger partial charge in [0.05, 0.1) is 11.8 Å². The Morgan fingerprint density at radius 2 is 1.90 bits per heavy atom. The normalized spacial score (nSPS) is 19.7. The van der Waals surface area contributed by atoms with Gasteiger partial charge in [-0.25, -0.2) is 0 Å². The molecule has 0 bridgehead atoms. The van der Waals surface area contributed by atoms with Crippen LogP contribution >= 0.6 is 0 Å². The van der Waals surface area contributed by atoms with Gasteiger partial charge in [-0.1, -0.05) is 19.1 Å². The Morgan fingerprint density at radius 1 is 1.19 bits per heavy atom. The average Bonchev–Trinajstić information content (AvgIpc) is 3.25. The zero-order valence-electron chi connectivity index (χ0n) is 12.3. The molecule has 1 aliphatic rings. The number of amides is 2. The van der Waals surface area contributed by atoms with Crippen molar-refractivity contribution in [3.05, 3.63) is 29.8 Å². The van der Waals surface area contributed by atoms with E-state index in [-0.39, 0.29) is 29.4 Å². The molecule has 2 N–H and O–H groups in total. The molecule has 0 aliphatic heterocycles. The van der Waals surface area contributed by atoms with Crippen molar-refractivity contribution < 1.29 is 14.4 Å². The van der Waals surface area contributed by atoms with Crippen molar-refractivity contribution in [1.82, 2.24) is 5.32 Å². The van der Waals surface area contributed by atoms with Gasteiger partial charge in [0.2, 0.25) is 11.8 Å². The van der Waals surface area contributed by atoms with Crippen LogP contribution in [0.4, 0.5) is 5.69 Å². The highest BCUT2D eigenvalue weighted by atomic mass is 16.2. The second kappa shape index (κ2) is 6.52. The maximum absolute atomic E-state index is 12.1. The van der Waals surface area contributed by atoms with Gasteiger partial charge in [-0.3, -0.25) is 14.4 Å². The van der Waals surface area contributed by atoms with Crippen LogP contribution in [-0.2, 0) is 9.59 Å². The second-order valence-corrected chi connectivity index (χ2v) is 5.37. The predicted molar refractivity (Wildman–Crippen MR) is 80.0 cm³/mol. The van der Waals surface area contributed by atoms with Gasteiger partial charge in [-0.15, -0.1) is 0 Å². The number of anilines is 1. The lowest BCUT2D eigenvalue weighted by molar-refractivity contribution is -0.125. The maximum Gasteiger partial charge on any atom is 0.228 e. The Labute approximate surface area is 124 Å². The second-order valence-electron chi connectivity index (χ2n) is 5.37. The van der Waals surface area contributed by atoms with Crippen molar-refractivity contribution in [3.63, 3.8) is 0 Å². The lowest BCUT2D eigenvalue weighted by Crippen LogP contribution is -2.28. The van der Waals surface area contributed by atoms with Gasteiger partial charge in [0.25, 0.3) is 0 Å². The molecule has 1 saturated carbocycles. The molecule has 2 atom stereocenters. The Bertz CT molecular complexity index is 568. The molecule has 5 nitrogen and oxygen atoms in total. The van der Waals surface area contributed by atoms with Crippen LogP contribution in [0.1, 0.15) is 37.0 Å². The van der Waals surface area contributed by atoms with E-state index in [2.05, 4.69) is 10.6 Å². The van der Waals surface area contributed by atoms with Crippen molar-refractivity contribution in [2.75, 3.05) is 11.9 Å². The number of rotatable bonds is 6. The van der Waals surface area contributed by atoms with Crippen molar-refractivity contribution >= 4 is 23.3 Å². The third-order valence-electron chi connectivity index (χ3n) is 3.55. The first kappa shape index (κ1) is 15.2. The van der Waals surface area contributed by atoms with E-state index in [4.69, 9.17) is 0 Å². The van der Waals surface area contributed by atoms with Crippen LogP contribution in [0.2, 0.25) is 0 Å². The summed E-state index contributed by atoms with van der Waals surface area (Å²) in [5, 5.41) is 5.57. The van der Waals surface area contributed by atoms with Gasteiger partial charge in [-0.2, -0.15) is 0 Å². The number of carbonyl (C=O) groups excluding carboxylic acids is 3. The molecule has 2 unspecified atom stereocenters. The Kier molecular flexibility index (Phi) is 4.73. The standard InChI is InChI=1S/C16H20N2O3/c1-3-7-17-15(20)13-9-14(13)16(21)18-12-6-4-5-11(8-12)10(2)19/h4-6,8,13-14H,3,7,9H2,1-2H3,(H,17,20)(H,18,21). The fourth-order valence-corrected chi connectivity index (χ4v) is 2.20. The molecule has 0 aromatic heterocycles. The van der Waals surface area contributed by atoms with Crippen LogP contribution in [0.3, 0.4) is 0 Å². The summed E-state index contributed by atoms with van der Waals surface area (Å²) in [7, 11) is 0. The number of benzene rings is 1. The molecule has 1 fully saturated rings. The number of hydrogen-bond acceptors (Lipinski definition) is 3. The highest BCUT2D eigenvalue weighted by Gasteiger charge is 2.47. The summed E-state index contributed by atoms with van der Waals surface area (Å²) in [5.74, 6) is -0.730. The number of hydrogen-bond donors (Lipinski definition) is 2. The van der Waals surface area contributed by atoms with E-state index in [1.165, 1.54) is 6.92 Å². The van der Waals surface area contributed by atoms with Crippen LogP contribution < -0.4 is 10.6 Å². The van der Waals surface area contributed by atoms with E-state index < -0.39 is 0 Å². The molecule has 2 rings (SSSR count). The number of ketones is 1. The minimum Gasteiger partial charge on any atom is -0.356 e. The fraction of sp³-hybridized carbons (Fsp3) is 0.438. The minimum absolute atomic E-state index is 0.0468. The summed E-state index contributed by atoms with van der Waals surface area (Å²) in [6.45, 7) is 4.11. The zero-order chi connectivity index (χ0) is 15.4. The first-order chi connectivity index (χ1) is 10.0. The number of carbonyl (C=O) groups is 3. The summed E-state index contributed by atoms with van der Waals surface area (Å²) < 4.78 is 0. The van der Waals surface area contributed by atoms with Crippen LogP contribution in [0.15, 0.2) is 24.3 Å². The van der Waals surface area contributed by atoms with Crippen molar-refractivity contribution in [1.29, 1.82) is 0 Å². The van der Waals surface area contributed by atoms with Crippen LogP contribution in [-0.4, -0.2) is 24.1 Å². The number of nitrogens with one attached hydrogen (secondary N) is 2. The van der Waals surface area contributed by atoms with Crippen LogP contribution in [0.5, 0.6) is 0 Å². The van der Waals surface area contributed by atoms with Gasteiger partial charge < -0.3 is 10.6 Å². The monoisotopic (exact) mass is 288 g/mol. The first-order valence-corrected chi connectivity index (χ1v) is 7.22. The topological polar surface area (TPSA) is 75.3 Å². The maximum atomic E-state index is 12.1. The van der Waals surface area contributed by atoms with E-state index in [0.29, 0.717) is 24.2 Å². The molecule has 112 valence electrons. The summed E-state index contributed by atoms with van der Waals surface area (Å²) in [4.78, 5) is 35.1. The molecule has 2 amide bonds. The molecule has 1 aromatic rings. The molecule has 0 heterocycles. The molecular formula is C16H20N2O3. The van der Waals surface area contributed by atoms with E-state index in [1.54, 1.807) is 24.3 Å². The van der Waals surface area contributed by atoms with E-state index >= 15 is 0 Å². The van der Waals surface area contributed by atoms with Crippen molar-refractivity contribution in [2.24, 2.45) is 11.8 Å². The summed E-state index contributed by atoms with van der Waals surface area (Å²) >= 11 is 0. The van der Waals surface area contributed by atoms with Crippen molar-refractivity contribution in [2.45, 2.75) is 26.7 Å². The summed E-state index contributed by atoms with van der Waals surface area (Å²) in [6.07, 6.45) is 1.47. The molecule has 1 aliphatic carbocycles. The lowest BCUT2D eigenvalue weighted by atomic mass is 10.1. The van der Waals surface area contributed by atoms with E-state index in [9.17, 15) is 14.4 Å². The van der Waals surface area contributed by atoms with Gasteiger partial charge in [-0.05, 0) is 31.9 Å². The third kappa shape index (κ3) is 3.90. The molecule has 5 heteroatoms. The molecule has 0 radical (unpaired) electrons. The molecular weight excluding hydrogens is 268 g/mol. The van der Waals surface area contributed by atoms with E-state index in [1.807, 2.05) is 6.92 Å². The minimum atomic E-state index is -0.261. The number of Topliss-reactive ketones (excluding diaryl/α,β-unsaturated/α-hetero) is 1. The van der Waals surface area contributed by atoms with Crippen LogP contribution in [0, 0.1) is 11.8 Å². The average molecular weight is 288 g/mol. The first-order valence-electron chi connectivity index (χ1n) is 7.22. The fourth-order valence-electron chi connectivity index (χ4n) is 2.20. The van der Waals surface area contributed by atoms with Gasteiger partial charge >= 0.3 is 0 Å². The molecule has 1 aromatic carbocycles. The summed E-state index contributed by atoms with van der Waals surface area (Å²) in [6, 6.07) is 6.81. The quantitative estimate of drug-likeness (QED) is 0.786. The highest BCUT2D eigenvalue weighted by Crippen LogP contribution is 2.39. The Hall–Kier alpha value is -2.17. The molecule has 0 saturated heterocycles. The van der Waals surface area contributed by atoms with Gasteiger partial charge in [0.1, 0.15) is 0 Å². The highest BCUT2D eigenvalue weighted by molar-refractivity contribution is 6.01. The van der Waals surface area contributed by atoms with E-state index in [0.717, 1.165) is 6.42 Å². The summed E-state index contributed by atoms with van der Waals surface area (Å²) in [5.41, 5.74) is 1.15. The Balaban J connectivity index is 1.90. The lowest BCUT2D eigenvalue weighted by Gasteiger charge is -2.06. The largest absolute Gasteiger partial charge is 0.356 e. The molecule has 0 spiro atoms. The Morgan fingerprint density at radius 3 is 2.57 bits per heavy atom. The van der Waals surface area contributed by atoms with Gasteiger partial charge in [0.15, 0.2) is 5.78 Å². The smallest absolute Gasteiger partial charge is 0.228 e. The SMILES string of the molecule is CCCNC(=O)C1CC1C(=O)Nc1cccc(C(C)=O)c1. The molecule has 21 heavy (non-hydrogen) atoms. The predicted octanol–water partition coefficient (Wildman–Crippen LogP) is 1.99. The zero-order valence-corrected chi connectivity index (χ0v) is 12.3. The third-order valence-corrected chi connectivity index (χ3v) is 3.55. The van der Waals surface area contributed by atoms with Crippen LogP contribution in [0.25, 0.3) is 0 Å². The van der Waals surface area contributed by atoms with Crippen molar-refractivity contribution in [3.8, 4) is 0 Å². The van der Waals surface area contributed by atoms with Gasteiger partial charge in [0, 0.05) is 17.8 Å².